The van der Waals surface area contributed by atoms with Crippen molar-refractivity contribution in [1.82, 2.24) is 28.2 Å². The van der Waals surface area contributed by atoms with E-state index in [4.69, 9.17) is 9.97 Å². The zero-order valence-electron chi connectivity index (χ0n) is 45.1. The fourth-order valence-electron chi connectivity index (χ4n) is 13.8. The Balaban J connectivity index is 0.947. The molecule has 0 fully saturated rings. The molecule has 388 valence electrons. The lowest BCUT2D eigenvalue weighted by molar-refractivity contribution is 0.951. The molecular formula is C76H50N6Si. The number of nitrogens with zero attached hydrogens (tertiary/aromatic N) is 6. The molecular weight excluding hydrogens is 1020 g/mol. The second-order valence-corrected chi connectivity index (χ2v) is 25.5. The van der Waals surface area contributed by atoms with Crippen molar-refractivity contribution in [3.05, 3.63) is 303 Å². The van der Waals surface area contributed by atoms with Crippen LogP contribution in [0, 0.1) is 0 Å². The predicted molar refractivity (Wildman–Crippen MR) is 348 cm³/mol. The quantitative estimate of drug-likeness (QED) is 0.107. The SMILES string of the molecule is c1ccc([Si](c2ccccc2)(c2ccccc2)c2cccc(-c3cc(-n4c5ccccc5c5ccc(-n6c7ccccc7c7ccccc76)cc54)nc(-n4c5ccccc5c5cc(-n6c7ccccc7c7ccccc76)ccc54)n3)c2)cc1. The summed E-state index contributed by atoms with van der Waals surface area (Å²) in [4.78, 5) is 11.6. The van der Waals surface area contributed by atoms with Crippen molar-refractivity contribution in [3.63, 3.8) is 0 Å². The second-order valence-electron chi connectivity index (χ2n) is 21.7. The van der Waals surface area contributed by atoms with E-state index >= 15 is 0 Å². The zero-order valence-corrected chi connectivity index (χ0v) is 46.1. The third-order valence-corrected chi connectivity index (χ3v) is 22.1. The molecule has 0 spiro atoms. The molecule has 5 heterocycles. The molecule has 7 heteroatoms. The molecule has 0 aliphatic carbocycles. The van der Waals surface area contributed by atoms with Gasteiger partial charge in [-0.1, -0.05) is 231 Å². The van der Waals surface area contributed by atoms with Crippen molar-refractivity contribution in [1.29, 1.82) is 0 Å². The van der Waals surface area contributed by atoms with Gasteiger partial charge in [0.05, 0.1) is 49.8 Å². The van der Waals surface area contributed by atoms with Crippen LogP contribution in [0.4, 0.5) is 0 Å². The highest BCUT2D eigenvalue weighted by Gasteiger charge is 2.41. The number of hydrogen-bond acceptors (Lipinski definition) is 2. The number of para-hydroxylation sites is 6. The highest BCUT2D eigenvalue weighted by molar-refractivity contribution is 7.19. The van der Waals surface area contributed by atoms with Crippen LogP contribution in [0.2, 0.25) is 0 Å². The summed E-state index contributed by atoms with van der Waals surface area (Å²) >= 11 is 0. The van der Waals surface area contributed by atoms with Gasteiger partial charge in [0.2, 0.25) is 5.95 Å². The lowest BCUT2D eigenvalue weighted by atomic mass is 10.1. The van der Waals surface area contributed by atoms with E-state index < -0.39 is 8.07 Å². The summed E-state index contributed by atoms with van der Waals surface area (Å²) in [5.74, 6) is 1.35. The van der Waals surface area contributed by atoms with Gasteiger partial charge in [0.25, 0.3) is 0 Å². The van der Waals surface area contributed by atoms with Crippen molar-refractivity contribution in [2.45, 2.75) is 0 Å². The van der Waals surface area contributed by atoms with Crippen LogP contribution in [0.3, 0.4) is 0 Å². The smallest absolute Gasteiger partial charge is 0.237 e. The Morgan fingerprint density at radius 2 is 0.602 bits per heavy atom. The third kappa shape index (κ3) is 7.08. The van der Waals surface area contributed by atoms with E-state index in [1.54, 1.807) is 0 Å². The molecule has 0 saturated carbocycles. The normalized spacial score (nSPS) is 12.1. The van der Waals surface area contributed by atoms with E-state index in [1.165, 1.54) is 53.3 Å². The van der Waals surface area contributed by atoms with Crippen molar-refractivity contribution in [2.24, 2.45) is 0 Å². The highest BCUT2D eigenvalue weighted by Crippen LogP contribution is 2.40. The molecule has 0 saturated heterocycles. The fraction of sp³-hybridized carbons (Fsp3) is 0. The highest BCUT2D eigenvalue weighted by atomic mass is 28.3. The van der Waals surface area contributed by atoms with Gasteiger partial charge in [-0.3, -0.25) is 9.13 Å². The molecule has 17 rings (SSSR count). The van der Waals surface area contributed by atoms with Crippen LogP contribution in [-0.2, 0) is 0 Å². The average Bonchev–Trinajstić information content (AvgIpc) is 3.74. The van der Waals surface area contributed by atoms with Gasteiger partial charge in [-0.15, -0.1) is 0 Å². The molecule has 0 N–H and O–H groups in total. The lowest BCUT2D eigenvalue weighted by Gasteiger charge is -2.34. The van der Waals surface area contributed by atoms with Gasteiger partial charge in [-0.05, 0) is 87.5 Å². The number of benzene rings is 12. The summed E-state index contributed by atoms with van der Waals surface area (Å²) in [6.45, 7) is 0. The zero-order chi connectivity index (χ0) is 54.6. The van der Waals surface area contributed by atoms with E-state index in [2.05, 4.69) is 322 Å². The molecule has 0 amide bonds. The molecule has 0 atom stereocenters. The average molecular weight is 1080 g/mol. The minimum absolute atomic E-state index is 0.584. The van der Waals surface area contributed by atoms with Crippen molar-refractivity contribution in [2.75, 3.05) is 0 Å². The van der Waals surface area contributed by atoms with E-state index in [-0.39, 0.29) is 0 Å². The maximum atomic E-state index is 5.82. The topological polar surface area (TPSA) is 45.5 Å². The van der Waals surface area contributed by atoms with Crippen LogP contribution in [0.1, 0.15) is 0 Å². The number of fused-ring (bicyclic) bond motifs is 12. The maximum absolute atomic E-state index is 5.82. The third-order valence-electron chi connectivity index (χ3n) is 17.3. The lowest BCUT2D eigenvalue weighted by Crippen LogP contribution is -2.74. The first-order chi connectivity index (χ1) is 41.2. The molecule has 6 nitrogen and oxygen atoms in total. The van der Waals surface area contributed by atoms with Crippen LogP contribution in [0.5, 0.6) is 0 Å². The minimum Gasteiger partial charge on any atom is -0.309 e. The molecule has 12 aromatic carbocycles. The Morgan fingerprint density at radius 1 is 0.229 bits per heavy atom. The minimum atomic E-state index is -2.94. The van der Waals surface area contributed by atoms with E-state index in [0.717, 1.165) is 83.1 Å². The Kier molecular flexibility index (Phi) is 10.5. The molecule has 0 radical (unpaired) electrons. The number of rotatable bonds is 9. The van der Waals surface area contributed by atoms with Crippen molar-refractivity contribution in [3.8, 4) is 34.4 Å². The Morgan fingerprint density at radius 3 is 1.10 bits per heavy atom. The van der Waals surface area contributed by atoms with Gasteiger partial charge in [-0.2, -0.15) is 4.98 Å². The van der Waals surface area contributed by atoms with E-state index in [1.807, 2.05) is 0 Å². The van der Waals surface area contributed by atoms with Crippen LogP contribution < -0.4 is 20.7 Å². The fourth-order valence-corrected chi connectivity index (χ4v) is 18.6. The molecule has 17 aromatic rings. The first-order valence-electron chi connectivity index (χ1n) is 28.4. The van der Waals surface area contributed by atoms with Crippen LogP contribution in [0.25, 0.3) is 122 Å². The number of hydrogen-bond donors (Lipinski definition) is 0. The predicted octanol–water partition coefficient (Wildman–Crippen LogP) is 15.9. The van der Waals surface area contributed by atoms with E-state index in [9.17, 15) is 0 Å². The van der Waals surface area contributed by atoms with Gasteiger partial charge in [0.15, 0.2) is 8.07 Å². The van der Waals surface area contributed by atoms with Crippen molar-refractivity contribution < 1.29 is 0 Å². The molecule has 0 bridgehead atoms. The summed E-state index contributed by atoms with van der Waals surface area (Å²) in [6.07, 6.45) is 0. The van der Waals surface area contributed by atoms with Gasteiger partial charge in [0.1, 0.15) is 5.82 Å². The van der Waals surface area contributed by atoms with Gasteiger partial charge >= 0.3 is 0 Å². The Bertz CT molecular complexity index is 5200. The van der Waals surface area contributed by atoms with Crippen LogP contribution in [0.15, 0.2) is 303 Å². The summed E-state index contributed by atoms with van der Waals surface area (Å²) in [5, 5.41) is 14.7. The Labute approximate surface area is 479 Å². The second kappa shape index (κ2) is 18.6. The summed E-state index contributed by atoms with van der Waals surface area (Å²) in [6, 6.07) is 111. The molecule has 0 aliphatic rings. The Hall–Kier alpha value is -10.9. The van der Waals surface area contributed by atoms with Crippen molar-refractivity contribution >= 4 is 116 Å². The van der Waals surface area contributed by atoms with Gasteiger partial charge in [-0.25, -0.2) is 4.98 Å². The molecule has 83 heavy (non-hydrogen) atoms. The molecule has 5 aromatic heterocycles. The monoisotopic (exact) mass is 1070 g/mol. The summed E-state index contributed by atoms with van der Waals surface area (Å²) < 4.78 is 9.46. The summed E-state index contributed by atoms with van der Waals surface area (Å²) in [5.41, 5.74) is 12.8. The molecule has 0 unspecified atom stereocenters. The summed E-state index contributed by atoms with van der Waals surface area (Å²) in [7, 11) is -2.94. The maximum Gasteiger partial charge on any atom is 0.237 e. The largest absolute Gasteiger partial charge is 0.309 e. The molecule has 0 aliphatic heterocycles. The first kappa shape index (κ1) is 47.0. The van der Waals surface area contributed by atoms with Gasteiger partial charge in [0, 0.05) is 66.1 Å². The number of aromatic nitrogens is 6. The van der Waals surface area contributed by atoms with Gasteiger partial charge < -0.3 is 9.13 Å². The first-order valence-corrected chi connectivity index (χ1v) is 30.4. The van der Waals surface area contributed by atoms with E-state index in [0.29, 0.717) is 5.95 Å². The van der Waals surface area contributed by atoms with Crippen LogP contribution >= 0.6 is 0 Å². The standard InChI is InChI=1S/C76H50N6Si/c1-4-24-54(25-5-1)83(55-26-6-2-7-27-55,56-28-8-3-9-29-56)57-30-22-23-51(47-57)66-50-75(81-71-41-20-14-35-62(71)64-45-43-53(49-74(64)81)80-69-39-18-12-33-60(69)61-34-13-19-40-70(61)80)78-76(77-66)82-72-42-21-15-36-63(72)65-48-52(44-46-73(65)82)79-67-37-16-10-31-58(67)59-32-11-17-38-68(59)79/h1-50H. The van der Waals surface area contributed by atoms with Crippen LogP contribution in [-0.4, -0.2) is 36.3 Å².